The van der Waals surface area contributed by atoms with Gasteiger partial charge < -0.3 is 14.1 Å². The SMILES string of the molecule is CC(C)(C)Cn1cc(-c2ccc(C(=O)NCc3ccn4ccnc4c3)o2)cn1. The number of fused-ring (bicyclic) bond motifs is 1. The summed E-state index contributed by atoms with van der Waals surface area (Å²) >= 11 is 0. The second-order valence-corrected chi connectivity index (χ2v) is 8.06. The van der Waals surface area contributed by atoms with Crippen LogP contribution in [0.2, 0.25) is 0 Å². The van der Waals surface area contributed by atoms with Crippen molar-refractivity contribution in [3.05, 3.63) is 66.6 Å². The number of hydrogen-bond acceptors (Lipinski definition) is 4. The molecule has 28 heavy (non-hydrogen) atoms. The first-order valence-corrected chi connectivity index (χ1v) is 9.20. The van der Waals surface area contributed by atoms with Crippen LogP contribution in [0.4, 0.5) is 0 Å². The average Bonchev–Trinajstić information content (AvgIpc) is 3.37. The van der Waals surface area contributed by atoms with E-state index in [4.69, 9.17) is 4.42 Å². The first kappa shape index (κ1) is 18.0. The summed E-state index contributed by atoms with van der Waals surface area (Å²) in [5.41, 5.74) is 2.81. The minimum atomic E-state index is -0.253. The van der Waals surface area contributed by atoms with E-state index in [0.717, 1.165) is 23.3 Å². The van der Waals surface area contributed by atoms with Gasteiger partial charge in [-0.25, -0.2) is 4.98 Å². The number of carbonyl (C=O) groups is 1. The standard InChI is InChI=1S/C21H23N5O2/c1-21(2,3)14-26-13-16(12-24-26)17-4-5-18(28-17)20(27)23-11-15-6-8-25-9-7-22-19(25)10-15/h4-10,12-13H,11,14H2,1-3H3,(H,23,27). The second-order valence-electron chi connectivity index (χ2n) is 8.06. The average molecular weight is 377 g/mol. The summed E-state index contributed by atoms with van der Waals surface area (Å²) in [4.78, 5) is 16.7. The van der Waals surface area contributed by atoms with E-state index in [1.807, 2.05) is 39.8 Å². The summed E-state index contributed by atoms with van der Waals surface area (Å²) in [7, 11) is 0. The smallest absolute Gasteiger partial charge is 0.287 e. The van der Waals surface area contributed by atoms with Crippen LogP contribution >= 0.6 is 0 Å². The van der Waals surface area contributed by atoms with Gasteiger partial charge in [0.1, 0.15) is 11.4 Å². The van der Waals surface area contributed by atoms with Crippen LogP contribution in [0.5, 0.6) is 0 Å². The van der Waals surface area contributed by atoms with Crippen LogP contribution < -0.4 is 5.32 Å². The fourth-order valence-corrected chi connectivity index (χ4v) is 3.01. The Morgan fingerprint density at radius 1 is 1.21 bits per heavy atom. The molecule has 144 valence electrons. The Bertz CT molecular complexity index is 1110. The maximum atomic E-state index is 12.4. The maximum absolute atomic E-state index is 12.4. The highest BCUT2D eigenvalue weighted by molar-refractivity contribution is 5.92. The lowest BCUT2D eigenvalue weighted by Gasteiger charge is -2.17. The largest absolute Gasteiger partial charge is 0.451 e. The Morgan fingerprint density at radius 3 is 2.89 bits per heavy atom. The molecule has 0 aliphatic heterocycles. The van der Waals surface area contributed by atoms with Crippen molar-refractivity contribution in [1.82, 2.24) is 24.5 Å². The lowest BCUT2D eigenvalue weighted by molar-refractivity contribution is 0.0924. The molecular weight excluding hydrogens is 354 g/mol. The molecule has 0 saturated heterocycles. The summed E-state index contributed by atoms with van der Waals surface area (Å²) in [6.45, 7) is 7.69. The van der Waals surface area contributed by atoms with Crippen LogP contribution in [0.15, 0.2) is 59.7 Å². The van der Waals surface area contributed by atoms with Crippen LogP contribution in [-0.2, 0) is 13.1 Å². The van der Waals surface area contributed by atoms with Gasteiger partial charge in [-0.1, -0.05) is 20.8 Å². The fraction of sp³-hybridized carbons (Fsp3) is 0.286. The minimum Gasteiger partial charge on any atom is -0.451 e. The predicted molar refractivity (Wildman–Crippen MR) is 106 cm³/mol. The summed E-state index contributed by atoms with van der Waals surface area (Å²) in [5, 5.41) is 7.26. The molecule has 0 unspecified atom stereocenters. The molecule has 0 aromatic carbocycles. The van der Waals surface area contributed by atoms with Gasteiger partial charge in [0.25, 0.3) is 5.91 Å². The van der Waals surface area contributed by atoms with Gasteiger partial charge in [-0.05, 0) is 35.2 Å². The Morgan fingerprint density at radius 2 is 2.07 bits per heavy atom. The van der Waals surface area contributed by atoms with Gasteiger partial charge in [0.15, 0.2) is 5.76 Å². The molecule has 7 heteroatoms. The third-order valence-electron chi connectivity index (χ3n) is 4.30. The van der Waals surface area contributed by atoms with Crippen molar-refractivity contribution in [3.8, 4) is 11.3 Å². The molecule has 4 rings (SSSR count). The second kappa shape index (κ2) is 6.99. The Balaban J connectivity index is 1.41. The number of aromatic nitrogens is 4. The molecule has 0 fully saturated rings. The van der Waals surface area contributed by atoms with E-state index in [1.54, 1.807) is 24.5 Å². The van der Waals surface area contributed by atoms with Crippen LogP contribution in [-0.4, -0.2) is 25.1 Å². The van der Waals surface area contributed by atoms with E-state index in [2.05, 4.69) is 36.2 Å². The first-order chi connectivity index (χ1) is 13.4. The van der Waals surface area contributed by atoms with Crippen molar-refractivity contribution in [2.45, 2.75) is 33.9 Å². The number of nitrogens with one attached hydrogen (secondary N) is 1. The number of pyridine rings is 1. The highest BCUT2D eigenvalue weighted by Gasteiger charge is 2.15. The molecule has 1 N–H and O–H groups in total. The molecular formula is C21H23N5O2. The van der Waals surface area contributed by atoms with E-state index in [9.17, 15) is 4.79 Å². The van der Waals surface area contributed by atoms with Crippen molar-refractivity contribution >= 4 is 11.6 Å². The van der Waals surface area contributed by atoms with Gasteiger partial charge in [-0.3, -0.25) is 9.48 Å². The molecule has 0 radical (unpaired) electrons. The zero-order valence-electron chi connectivity index (χ0n) is 16.2. The normalized spacial score (nSPS) is 11.8. The Labute approximate surface area is 163 Å². The van der Waals surface area contributed by atoms with E-state index < -0.39 is 0 Å². The number of furan rings is 1. The van der Waals surface area contributed by atoms with Gasteiger partial charge in [-0.2, -0.15) is 5.10 Å². The number of rotatable bonds is 5. The molecule has 0 atom stereocenters. The maximum Gasteiger partial charge on any atom is 0.287 e. The van der Waals surface area contributed by atoms with E-state index in [0.29, 0.717) is 12.3 Å². The number of hydrogen-bond donors (Lipinski definition) is 1. The number of amides is 1. The van der Waals surface area contributed by atoms with Crippen molar-refractivity contribution in [2.75, 3.05) is 0 Å². The number of nitrogens with zero attached hydrogens (tertiary/aromatic N) is 4. The highest BCUT2D eigenvalue weighted by Crippen LogP contribution is 2.23. The molecule has 0 saturated carbocycles. The predicted octanol–water partition coefficient (Wildman–Crippen LogP) is 3.77. The summed E-state index contributed by atoms with van der Waals surface area (Å²) in [6, 6.07) is 7.37. The topological polar surface area (TPSA) is 77.4 Å². The fourth-order valence-electron chi connectivity index (χ4n) is 3.01. The molecule has 0 aliphatic carbocycles. The summed E-state index contributed by atoms with van der Waals surface area (Å²) < 4.78 is 9.55. The lowest BCUT2D eigenvalue weighted by Crippen LogP contribution is -2.22. The summed E-state index contributed by atoms with van der Waals surface area (Å²) in [5.74, 6) is 0.654. The Kier molecular flexibility index (Phi) is 4.50. The zero-order chi connectivity index (χ0) is 19.7. The van der Waals surface area contributed by atoms with Gasteiger partial charge in [0, 0.05) is 37.9 Å². The van der Waals surface area contributed by atoms with Crippen LogP contribution in [0.1, 0.15) is 36.9 Å². The molecule has 7 nitrogen and oxygen atoms in total. The van der Waals surface area contributed by atoms with Crippen LogP contribution in [0.3, 0.4) is 0 Å². The monoisotopic (exact) mass is 377 g/mol. The quantitative estimate of drug-likeness (QED) is 0.574. The molecule has 4 aromatic heterocycles. The first-order valence-electron chi connectivity index (χ1n) is 9.20. The zero-order valence-corrected chi connectivity index (χ0v) is 16.2. The van der Waals surface area contributed by atoms with Gasteiger partial charge in [-0.15, -0.1) is 0 Å². The number of imidazole rings is 1. The van der Waals surface area contributed by atoms with E-state index in [-0.39, 0.29) is 17.1 Å². The molecule has 4 aromatic rings. The summed E-state index contributed by atoms with van der Waals surface area (Å²) in [6.07, 6.45) is 9.24. The van der Waals surface area contributed by atoms with Crippen molar-refractivity contribution in [3.63, 3.8) is 0 Å². The number of carbonyl (C=O) groups excluding carboxylic acids is 1. The van der Waals surface area contributed by atoms with Crippen molar-refractivity contribution < 1.29 is 9.21 Å². The Hall–Kier alpha value is -3.35. The molecule has 0 spiro atoms. The third kappa shape index (κ3) is 3.98. The van der Waals surface area contributed by atoms with Crippen LogP contribution in [0.25, 0.3) is 17.0 Å². The van der Waals surface area contributed by atoms with Crippen molar-refractivity contribution in [2.24, 2.45) is 5.41 Å². The highest BCUT2D eigenvalue weighted by atomic mass is 16.3. The lowest BCUT2D eigenvalue weighted by atomic mass is 9.97. The van der Waals surface area contributed by atoms with Gasteiger partial charge >= 0.3 is 0 Å². The molecule has 0 bridgehead atoms. The molecule has 0 aliphatic rings. The molecule has 1 amide bonds. The molecule has 4 heterocycles. The third-order valence-corrected chi connectivity index (χ3v) is 4.30. The minimum absolute atomic E-state index is 0.136. The van der Waals surface area contributed by atoms with E-state index >= 15 is 0 Å². The van der Waals surface area contributed by atoms with Gasteiger partial charge in [0.05, 0.1) is 11.8 Å². The van der Waals surface area contributed by atoms with Crippen molar-refractivity contribution in [1.29, 1.82) is 0 Å². The van der Waals surface area contributed by atoms with Crippen LogP contribution in [0, 0.1) is 5.41 Å². The van der Waals surface area contributed by atoms with Gasteiger partial charge in [0.2, 0.25) is 0 Å². The van der Waals surface area contributed by atoms with E-state index in [1.165, 1.54) is 0 Å².